The summed E-state index contributed by atoms with van der Waals surface area (Å²) in [7, 11) is 0. The van der Waals surface area contributed by atoms with Gasteiger partial charge >= 0.3 is 5.97 Å². The summed E-state index contributed by atoms with van der Waals surface area (Å²) in [5, 5.41) is 19.0. The molecule has 3 aliphatic heterocycles. The van der Waals surface area contributed by atoms with Gasteiger partial charge in [0.05, 0.1) is 29.7 Å². The van der Waals surface area contributed by atoms with Crippen LogP contribution in [0.4, 0.5) is 0 Å². The number of benzene rings is 1. The van der Waals surface area contributed by atoms with Gasteiger partial charge in [0.15, 0.2) is 0 Å². The number of rotatable bonds is 12. The standard InChI is InChI=1S/C30H39N5O6/c1-6-15-33(18-34-21-12-10-9-11-20(21)31-32-34)27(38)25-30-14-13-29(5,41-30)24(28(39)40-16-7-2)23(30)26(37)35(25)22(17-36)19(4)8-3/h6-7,9-12,19,22-25,36H,1-2,8,13-18H2,3-5H3/t19-,22-,23-,24+,25?,29-,30?/m0/s1. The van der Waals surface area contributed by atoms with Crippen molar-refractivity contribution in [2.45, 2.75) is 70.0 Å². The van der Waals surface area contributed by atoms with E-state index in [0.29, 0.717) is 24.8 Å². The van der Waals surface area contributed by atoms with E-state index in [0.717, 1.165) is 5.52 Å². The van der Waals surface area contributed by atoms with Gasteiger partial charge in [-0.2, -0.15) is 0 Å². The molecule has 7 atom stereocenters. The average molecular weight is 566 g/mol. The monoisotopic (exact) mass is 565 g/mol. The Morgan fingerprint density at radius 3 is 2.73 bits per heavy atom. The van der Waals surface area contributed by atoms with E-state index in [4.69, 9.17) is 9.47 Å². The third kappa shape index (κ3) is 4.46. The first-order chi connectivity index (χ1) is 19.7. The molecular weight excluding hydrogens is 526 g/mol. The molecule has 1 aromatic carbocycles. The number of nitrogens with zero attached hydrogens (tertiary/aromatic N) is 5. The molecule has 2 amide bonds. The predicted molar refractivity (Wildman–Crippen MR) is 150 cm³/mol. The fourth-order valence-corrected chi connectivity index (χ4v) is 7.13. The SMILES string of the molecule is C=CCOC(=O)[C@H]1[C@H]2C(=O)N([C@@H](CO)[C@@H](C)CC)C(C(=O)N(CC=C)Cn3nnc4ccccc43)C23CC[C@]1(C)O3. The molecule has 11 nitrogen and oxygen atoms in total. The Morgan fingerprint density at radius 2 is 2.05 bits per heavy atom. The lowest BCUT2D eigenvalue weighted by Gasteiger charge is -2.41. The maximum atomic E-state index is 14.7. The van der Waals surface area contributed by atoms with Gasteiger partial charge in [-0.3, -0.25) is 14.4 Å². The molecule has 41 heavy (non-hydrogen) atoms. The molecule has 5 rings (SSSR count). The van der Waals surface area contributed by atoms with Gasteiger partial charge in [-0.05, 0) is 37.8 Å². The normalized spacial score (nSPS) is 29.8. The van der Waals surface area contributed by atoms with Gasteiger partial charge < -0.3 is 24.4 Å². The molecular formula is C30H39N5O6. The molecule has 1 spiro atoms. The summed E-state index contributed by atoms with van der Waals surface area (Å²) in [6.07, 6.45) is 4.69. The summed E-state index contributed by atoms with van der Waals surface area (Å²) in [6.45, 7) is 13.1. The minimum atomic E-state index is -1.24. The number of likely N-dealkylation sites (tertiary alicyclic amines) is 1. The van der Waals surface area contributed by atoms with Crippen LogP contribution < -0.4 is 0 Å². The van der Waals surface area contributed by atoms with Crippen molar-refractivity contribution in [3.8, 4) is 0 Å². The zero-order valence-electron chi connectivity index (χ0n) is 23.9. The van der Waals surface area contributed by atoms with Gasteiger partial charge in [-0.15, -0.1) is 11.7 Å². The Morgan fingerprint density at radius 1 is 1.29 bits per heavy atom. The summed E-state index contributed by atoms with van der Waals surface area (Å²) in [5.41, 5.74) is -0.753. The molecule has 0 saturated carbocycles. The Hall–Kier alpha value is -3.57. The number of ether oxygens (including phenoxy) is 2. The highest BCUT2D eigenvalue weighted by molar-refractivity contribution is 5.98. The highest BCUT2D eigenvalue weighted by atomic mass is 16.6. The number of hydrogen-bond acceptors (Lipinski definition) is 8. The second-order valence-electron chi connectivity index (χ2n) is 11.6. The first-order valence-corrected chi connectivity index (χ1v) is 14.3. The summed E-state index contributed by atoms with van der Waals surface area (Å²) < 4.78 is 13.8. The van der Waals surface area contributed by atoms with E-state index in [1.54, 1.807) is 15.7 Å². The van der Waals surface area contributed by atoms with Crippen LogP contribution >= 0.6 is 0 Å². The minimum Gasteiger partial charge on any atom is -0.461 e. The van der Waals surface area contributed by atoms with Crippen molar-refractivity contribution >= 4 is 28.8 Å². The van der Waals surface area contributed by atoms with Crippen LogP contribution in [0.15, 0.2) is 49.6 Å². The van der Waals surface area contributed by atoms with E-state index in [1.807, 2.05) is 45.0 Å². The van der Waals surface area contributed by atoms with E-state index in [1.165, 1.54) is 11.0 Å². The number of para-hydroxylation sites is 1. The number of amides is 2. The highest BCUT2D eigenvalue weighted by Crippen LogP contribution is 2.64. The van der Waals surface area contributed by atoms with Crippen LogP contribution in [0.5, 0.6) is 0 Å². The first kappa shape index (κ1) is 28.9. The molecule has 1 aromatic heterocycles. The number of carbonyl (C=O) groups is 3. The van der Waals surface area contributed by atoms with E-state index in [2.05, 4.69) is 23.5 Å². The number of aliphatic hydroxyl groups excluding tert-OH is 1. The third-order valence-corrected chi connectivity index (χ3v) is 9.28. The van der Waals surface area contributed by atoms with E-state index >= 15 is 0 Å². The van der Waals surface area contributed by atoms with Gasteiger partial charge in [-0.1, -0.05) is 56.3 Å². The first-order valence-electron chi connectivity index (χ1n) is 14.3. The van der Waals surface area contributed by atoms with Crippen molar-refractivity contribution in [2.24, 2.45) is 17.8 Å². The van der Waals surface area contributed by atoms with Crippen molar-refractivity contribution < 1.29 is 29.0 Å². The van der Waals surface area contributed by atoms with Crippen LogP contribution in [-0.2, 0) is 30.5 Å². The molecule has 4 heterocycles. The summed E-state index contributed by atoms with van der Waals surface area (Å²) >= 11 is 0. The average Bonchev–Trinajstić information content (AvgIpc) is 3.67. The number of aromatic nitrogens is 3. The predicted octanol–water partition coefficient (Wildman–Crippen LogP) is 2.30. The maximum absolute atomic E-state index is 14.7. The number of esters is 1. The van der Waals surface area contributed by atoms with Gasteiger partial charge in [-0.25, -0.2) is 4.68 Å². The van der Waals surface area contributed by atoms with Crippen molar-refractivity contribution in [1.29, 1.82) is 0 Å². The Balaban J connectivity index is 1.59. The van der Waals surface area contributed by atoms with Crippen LogP contribution in [0.2, 0.25) is 0 Å². The molecule has 0 radical (unpaired) electrons. The molecule has 0 aliphatic carbocycles. The Kier molecular flexibility index (Phi) is 7.78. The highest BCUT2D eigenvalue weighted by Gasteiger charge is 2.79. The van der Waals surface area contributed by atoms with Crippen LogP contribution in [0, 0.1) is 17.8 Å². The van der Waals surface area contributed by atoms with Crippen molar-refractivity contribution in [3.05, 3.63) is 49.6 Å². The topological polar surface area (TPSA) is 127 Å². The van der Waals surface area contributed by atoms with E-state index in [9.17, 15) is 19.5 Å². The zero-order chi connectivity index (χ0) is 29.5. The molecule has 1 N–H and O–H groups in total. The van der Waals surface area contributed by atoms with Gasteiger partial charge in [0.1, 0.15) is 36.4 Å². The zero-order valence-corrected chi connectivity index (χ0v) is 23.9. The molecule has 2 aromatic rings. The lowest BCUT2D eigenvalue weighted by molar-refractivity contribution is -0.162. The number of hydrogen-bond donors (Lipinski definition) is 1. The van der Waals surface area contributed by atoms with Crippen LogP contribution in [0.25, 0.3) is 11.0 Å². The second kappa shape index (κ2) is 11.0. The van der Waals surface area contributed by atoms with E-state index < -0.39 is 41.1 Å². The van der Waals surface area contributed by atoms with Crippen molar-refractivity contribution in [1.82, 2.24) is 24.8 Å². The molecule has 3 saturated heterocycles. The smallest absolute Gasteiger partial charge is 0.313 e. The quantitative estimate of drug-likeness (QED) is 0.307. The number of carbonyl (C=O) groups excluding carboxylic acids is 3. The number of aliphatic hydroxyl groups is 1. The van der Waals surface area contributed by atoms with Crippen LogP contribution in [-0.4, -0.2) is 90.7 Å². The van der Waals surface area contributed by atoms with Gasteiger partial charge in [0.2, 0.25) is 11.8 Å². The summed E-state index contributed by atoms with van der Waals surface area (Å²) in [5.74, 6) is -3.17. The van der Waals surface area contributed by atoms with E-state index in [-0.39, 0.29) is 44.2 Å². The second-order valence-corrected chi connectivity index (χ2v) is 11.6. The fourth-order valence-electron chi connectivity index (χ4n) is 7.13. The van der Waals surface area contributed by atoms with Crippen molar-refractivity contribution in [3.63, 3.8) is 0 Å². The molecule has 11 heteroatoms. The third-order valence-electron chi connectivity index (χ3n) is 9.28. The lowest BCUT2D eigenvalue weighted by Crippen LogP contribution is -2.60. The summed E-state index contributed by atoms with van der Waals surface area (Å²) in [4.78, 5) is 45.5. The summed E-state index contributed by atoms with van der Waals surface area (Å²) in [6, 6.07) is 5.76. The van der Waals surface area contributed by atoms with Crippen LogP contribution in [0.3, 0.4) is 0 Å². The number of fused-ring (bicyclic) bond motifs is 2. The fraction of sp³-hybridized carbons (Fsp3) is 0.567. The largest absolute Gasteiger partial charge is 0.461 e. The molecule has 3 aliphatic rings. The van der Waals surface area contributed by atoms with Gasteiger partial charge in [0, 0.05) is 6.54 Å². The Labute approximate surface area is 239 Å². The molecule has 2 unspecified atom stereocenters. The van der Waals surface area contributed by atoms with Gasteiger partial charge in [0.25, 0.3) is 0 Å². The molecule has 2 bridgehead atoms. The van der Waals surface area contributed by atoms with Crippen molar-refractivity contribution in [2.75, 3.05) is 19.8 Å². The molecule has 3 fully saturated rings. The lowest BCUT2D eigenvalue weighted by atomic mass is 9.66. The minimum absolute atomic E-state index is 0.0104. The Bertz CT molecular complexity index is 1360. The maximum Gasteiger partial charge on any atom is 0.313 e. The van der Waals surface area contributed by atoms with Crippen LogP contribution in [0.1, 0.15) is 40.0 Å². The molecule has 220 valence electrons.